The van der Waals surface area contributed by atoms with E-state index in [0.29, 0.717) is 10.9 Å². The van der Waals surface area contributed by atoms with Gasteiger partial charge in [0.25, 0.3) is 0 Å². The molecule has 1 fully saturated rings. The first kappa shape index (κ1) is 17.8. The molecule has 23 heavy (non-hydrogen) atoms. The quantitative estimate of drug-likeness (QED) is 0.802. The van der Waals surface area contributed by atoms with Crippen molar-refractivity contribution in [1.29, 1.82) is 0 Å². The van der Waals surface area contributed by atoms with Crippen molar-refractivity contribution in [3.63, 3.8) is 0 Å². The highest BCUT2D eigenvalue weighted by molar-refractivity contribution is 9.10. The number of nitrogens with one attached hydrogen (secondary N) is 1. The number of hydrogen-bond acceptors (Lipinski definition) is 2. The first-order valence-corrected chi connectivity index (χ1v) is 7.85. The van der Waals surface area contributed by atoms with Gasteiger partial charge < -0.3 is 4.90 Å². The van der Waals surface area contributed by atoms with Crippen LogP contribution in [0.2, 0.25) is 0 Å². The van der Waals surface area contributed by atoms with Gasteiger partial charge in [-0.25, -0.2) is 0 Å². The van der Waals surface area contributed by atoms with E-state index < -0.39 is 18.3 Å². The van der Waals surface area contributed by atoms with Gasteiger partial charge in [0.15, 0.2) is 0 Å². The molecule has 7 heteroatoms. The normalized spacial score (nSPS) is 23.0. The van der Waals surface area contributed by atoms with Crippen LogP contribution in [0.4, 0.5) is 13.2 Å². The van der Waals surface area contributed by atoms with E-state index in [1.54, 1.807) is 19.1 Å². The van der Waals surface area contributed by atoms with Crippen molar-refractivity contribution >= 4 is 21.8 Å². The molecule has 0 aromatic heterocycles. The number of alkyl halides is 3. The predicted octanol–water partition coefficient (Wildman–Crippen LogP) is 3.26. The van der Waals surface area contributed by atoms with E-state index in [0.717, 1.165) is 0 Å². The van der Waals surface area contributed by atoms with Gasteiger partial charge in [0.1, 0.15) is 6.04 Å². The number of nitrogens with zero attached hydrogens (tertiary/aromatic N) is 1. The van der Waals surface area contributed by atoms with E-state index in [4.69, 9.17) is 6.42 Å². The van der Waals surface area contributed by atoms with Gasteiger partial charge in [-0.15, -0.1) is 6.42 Å². The van der Waals surface area contributed by atoms with Crippen LogP contribution in [-0.4, -0.2) is 35.6 Å². The number of amides is 1. The molecule has 3 atom stereocenters. The fraction of sp³-hybridized carbons (Fsp3) is 0.438. The maximum Gasteiger partial charge on any atom is 0.407 e. The van der Waals surface area contributed by atoms with E-state index in [-0.39, 0.29) is 24.1 Å². The summed E-state index contributed by atoms with van der Waals surface area (Å²) in [5.41, 5.74) is 0.0663. The van der Waals surface area contributed by atoms with Gasteiger partial charge in [-0.2, -0.15) is 13.2 Å². The fourth-order valence-electron chi connectivity index (χ4n) is 2.69. The van der Waals surface area contributed by atoms with Crippen LogP contribution in [0.15, 0.2) is 28.7 Å². The monoisotopic (exact) mass is 388 g/mol. The van der Waals surface area contributed by atoms with Crippen LogP contribution in [0.3, 0.4) is 0 Å². The lowest BCUT2D eigenvalue weighted by atomic mass is 10.0. The molecule has 1 saturated heterocycles. The Morgan fingerprint density at radius 1 is 1.43 bits per heavy atom. The Bertz CT molecular complexity index is 609. The van der Waals surface area contributed by atoms with E-state index in [1.807, 2.05) is 0 Å². The number of hydrogen-bond donors (Lipinski definition) is 1. The minimum absolute atomic E-state index is 0.0663. The summed E-state index contributed by atoms with van der Waals surface area (Å²) in [7, 11) is 0. The van der Waals surface area contributed by atoms with Crippen LogP contribution in [0.25, 0.3) is 0 Å². The third kappa shape index (κ3) is 4.06. The maximum absolute atomic E-state index is 13.4. The smallest absolute Gasteiger partial charge is 0.327 e. The zero-order valence-electron chi connectivity index (χ0n) is 12.4. The second-order valence-electron chi connectivity index (χ2n) is 5.50. The number of halogens is 4. The molecule has 0 radical (unpaired) electrons. The SMILES string of the molecule is C#CCN1C(=O)[C@@H](NC(c2ccc(Br)cc2)C(F)(F)F)CC1C. The predicted molar refractivity (Wildman–Crippen MR) is 84.5 cm³/mol. The van der Waals surface area contributed by atoms with Crippen molar-refractivity contribution in [3.8, 4) is 12.3 Å². The summed E-state index contributed by atoms with van der Waals surface area (Å²) in [6, 6.07) is 2.87. The molecule has 1 aromatic carbocycles. The van der Waals surface area contributed by atoms with Crippen LogP contribution in [0, 0.1) is 12.3 Å². The van der Waals surface area contributed by atoms with E-state index >= 15 is 0 Å². The summed E-state index contributed by atoms with van der Waals surface area (Å²) in [5, 5.41) is 2.46. The molecular weight excluding hydrogens is 373 g/mol. The Kier molecular flexibility index (Phi) is 5.37. The minimum Gasteiger partial charge on any atom is -0.327 e. The zero-order chi connectivity index (χ0) is 17.2. The molecule has 0 aliphatic carbocycles. The second kappa shape index (κ2) is 6.93. The number of carbonyl (C=O) groups excluding carboxylic acids is 1. The lowest BCUT2D eigenvalue weighted by molar-refractivity contribution is -0.160. The van der Waals surface area contributed by atoms with Gasteiger partial charge in [0.2, 0.25) is 5.91 Å². The minimum atomic E-state index is -4.50. The van der Waals surface area contributed by atoms with Gasteiger partial charge >= 0.3 is 6.18 Å². The van der Waals surface area contributed by atoms with Gasteiger partial charge in [-0.05, 0) is 31.0 Å². The van der Waals surface area contributed by atoms with Crippen molar-refractivity contribution < 1.29 is 18.0 Å². The first-order chi connectivity index (χ1) is 10.7. The van der Waals surface area contributed by atoms with Crippen molar-refractivity contribution in [3.05, 3.63) is 34.3 Å². The molecule has 1 aliphatic rings. The van der Waals surface area contributed by atoms with E-state index in [1.165, 1.54) is 17.0 Å². The fourth-order valence-corrected chi connectivity index (χ4v) is 2.96. The van der Waals surface area contributed by atoms with Gasteiger partial charge in [-0.3, -0.25) is 10.1 Å². The molecule has 1 heterocycles. The van der Waals surface area contributed by atoms with Gasteiger partial charge in [-0.1, -0.05) is 34.0 Å². The van der Waals surface area contributed by atoms with E-state index in [2.05, 4.69) is 27.2 Å². The Labute approximate surface area is 141 Å². The second-order valence-corrected chi connectivity index (χ2v) is 6.42. The summed E-state index contributed by atoms with van der Waals surface area (Å²) < 4.78 is 40.9. The molecular formula is C16H16BrF3N2O. The third-order valence-electron chi connectivity index (χ3n) is 3.85. The highest BCUT2D eigenvalue weighted by atomic mass is 79.9. The third-order valence-corrected chi connectivity index (χ3v) is 4.38. The Balaban J connectivity index is 2.21. The molecule has 2 unspecified atom stereocenters. The molecule has 0 spiro atoms. The summed E-state index contributed by atoms with van der Waals surface area (Å²) in [6.45, 7) is 1.88. The van der Waals surface area contributed by atoms with Crippen molar-refractivity contribution in [2.24, 2.45) is 0 Å². The number of likely N-dealkylation sites (tertiary alicyclic amines) is 1. The molecule has 0 bridgehead atoms. The number of terminal acetylenes is 1. The van der Waals surface area contributed by atoms with E-state index in [9.17, 15) is 18.0 Å². The maximum atomic E-state index is 13.4. The standard InChI is InChI=1S/C16H16BrF3N2O/c1-3-8-22-10(2)9-13(15(22)23)21-14(16(18,19)20)11-4-6-12(17)7-5-11/h1,4-7,10,13-14,21H,8-9H2,2H3/t10?,13-,14?/m0/s1. The Morgan fingerprint density at radius 2 is 2.04 bits per heavy atom. The van der Waals surface area contributed by atoms with Crippen LogP contribution < -0.4 is 5.32 Å². The summed E-state index contributed by atoms with van der Waals surface area (Å²) in [6.07, 6.45) is 0.997. The number of benzene rings is 1. The number of rotatable bonds is 4. The van der Waals surface area contributed by atoms with Gasteiger partial charge in [0, 0.05) is 10.5 Å². The first-order valence-electron chi connectivity index (χ1n) is 7.06. The highest BCUT2D eigenvalue weighted by Gasteiger charge is 2.45. The van der Waals surface area contributed by atoms with Crippen molar-refractivity contribution in [2.45, 2.75) is 37.6 Å². The zero-order valence-corrected chi connectivity index (χ0v) is 14.0. The Hall–Kier alpha value is -1.52. The molecule has 1 N–H and O–H groups in total. The molecule has 2 rings (SSSR count). The molecule has 124 valence electrons. The lowest BCUT2D eigenvalue weighted by Gasteiger charge is -2.25. The molecule has 1 amide bonds. The lowest BCUT2D eigenvalue weighted by Crippen LogP contribution is -2.45. The summed E-state index contributed by atoms with van der Waals surface area (Å²) >= 11 is 3.19. The topological polar surface area (TPSA) is 32.3 Å². The molecule has 1 aromatic rings. The Morgan fingerprint density at radius 3 is 2.57 bits per heavy atom. The van der Waals surface area contributed by atoms with Crippen LogP contribution in [-0.2, 0) is 4.79 Å². The summed E-state index contributed by atoms with van der Waals surface area (Å²) in [4.78, 5) is 13.7. The van der Waals surface area contributed by atoms with Crippen LogP contribution in [0.5, 0.6) is 0 Å². The molecule has 1 aliphatic heterocycles. The van der Waals surface area contributed by atoms with Crippen LogP contribution >= 0.6 is 15.9 Å². The number of carbonyl (C=O) groups is 1. The average molecular weight is 389 g/mol. The van der Waals surface area contributed by atoms with Crippen molar-refractivity contribution in [1.82, 2.24) is 10.2 Å². The summed E-state index contributed by atoms with van der Waals surface area (Å²) in [5.74, 6) is 1.98. The average Bonchev–Trinajstić information content (AvgIpc) is 2.73. The van der Waals surface area contributed by atoms with Crippen LogP contribution in [0.1, 0.15) is 24.9 Å². The van der Waals surface area contributed by atoms with Gasteiger partial charge in [0.05, 0.1) is 12.6 Å². The molecule has 3 nitrogen and oxygen atoms in total. The highest BCUT2D eigenvalue weighted by Crippen LogP contribution is 2.35. The largest absolute Gasteiger partial charge is 0.407 e. The van der Waals surface area contributed by atoms with Crippen molar-refractivity contribution in [2.75, 3.05) is 6.54 Å². The molecule has 0 saturated carbocycles.